The summed E-state index contributed by atoms with van der Waals surface area (Å²) in [6.07, 6.45) is 0.776. The topological polar surface area (TPSA) is 79.7 Å². The lowest BCUT2D eigenvalue weighted by Gasteiger charge is -2.22. The smallest absolute Gasteiger partial charge is 0.278 e. The van der Waals surface area contributed by atoms with Gasteiger partial charge in [0.2, 0.25) is 0 Å². The summed E-state index contributed by atoms with van der Waals surface area (Å²) >= 11 is 0. The normalized spacial score (nSPS) is 15.8. The second kappa shape index (κ2) is 5.00. The van der Waals surface area contributed by atoms with Crippen molar-refractivity contribution >= 4 is 11.6 Å². The molecular formula is C14H18N4O3. The highest BCUT2D eigenvalue weighted by Crippen LogP contribution is 2.21. The summed E-state index contributed by atoms with van der Waals surface area (Å²) in [4.78, 5) is 30.9. The Morgan fingerprint density at radius 3 is 2.90 bits per heavy atom. The minimum atomic E-state index is -0.201. The zero-order valence-corrected chi connectivity index (χ0v) is 12.3. The zero-order chi connectivity index (χ0) is 15.1. The van der Waals surface area contributed by atoms with Gasteiger partial charge in [-0.3, -0.25) is 14.7 Å². The van der Waals surface area contributed by atoms with Crippen molar-refractivity contribution in [2.24, 2.45) is 0 Å². The van der Waals surface area contributed by atoms with Gasteiger partial charge in [-0.05, 0) is 13.3 Å². The molecule has 7 heteroatoms. The fourth-order valence-corrected chi connectivity index (χ4v) is 2.67. The standard InChI is InChI=1S/C14H18N4O3/c1-4-9-5-11-15-12-10(13(19)18(11)16-9)6-17(14(12)20)8(2)7-21-3/h5,8,16H,4,6-7H2,1-3H3/t8-/m0/s1. The molecule has 1 aliphatic heterocycles. The van der Waals surface area contributed by atoms with Gasteiger partial charge >= 0.3 is 0 Å². The predicted octanol–water partition coefficient (Wildman–Crippen LogP) is 0.576. The molecule has 1 N–H and O–H groups in total. The minimum Gasteiger partial charge on any atom is -0.383 e. The van der Waals surface area contributed by atoms with E-state index < -0.39 is 0 Å². The highest BCUT2D eigenvalue weighted by atomic mass is 16.5. The molecule has 3 heterocycles. The molecule has 2 aromatic rings. The number of rotatable bonds is 4. The van der Waals surface area contributed by atoms with E-state index in [1.165, 1.54) is 4.52 Å². The Morgan fingerprint density at radius 1 is 1.48 bits per heavy atom. The molecule has 0 unspecified atom stereocenters. The van der Waals surface area contributed by atoms with Crippen molar-refractivity contribution in [2.45, 2.75) is 32.9 Å². The number of carbonyl (C=O) groups is 1. The first kappa shape index (κ1) is 13.8. The summed E-state index contributed by atoms with van der Waals surface area (Å²) < 4.78 is 6.49. The molecule has 0 aliphatic carbocycles. The number of aryl methyl sites for hydroxylation is 1. The number of nitrogens with zero attached hydrogens (tertiary/aromatic N) is 3. The van der Waals surface area contributed by atoms with Crippen LogP contribution in [0.5, 0.6) is 0 Å². The van der Waals surface area contributed by atoms with Crippen LogP contribution in [0.15, 0.2) is 10.9 Å². The Balaban J connectivity index is 2.08. The van der Waals surface area contributed by atoms with Crippen LogP contribution in [0.1, 0.15) is 35.6 Å². The van der Waals surface area contributed by atoms with Gasteiger partial charge in [-0.15, -0.1) is 0 Å². The first-order valence-electron chi connectivity index (χ1n) is 7.00. The van der Waals surface area contributed by atoms with E-state index >= 15 is 0 Å². The van der Waals surface area contributed by atoms with Gasteiger partial charge in [-0.25, -0.2) is 9.50 Å². The Bertz CT molecular complexity index is 761. The van der Waals surface area contributed by atoms with Crippen LogP contribution in [0.25, 0.3) is 5.65 Å². The van der Waals surface area contributed by atoms with Crippen molar-refractivity contribution in [3.63, 3.8) is 0 Å². The van der Waals surface area contributed by atoms with Crippen molar-refractivity contribution < 1.29 is 9.53 Å². The molecule has 7 nitrogen and oxygen atoms in total. The number of aromatic amines is 1. The molecule has 0 saturated carbocycles. The minimum absolute atomic E-state index is 0.0920. The SMILES string of the molecule is CCc1cc2nc3c(c(=O)n2[nH]1)CN([C@@H](C)COC)C3=O. The largest absolute Gasteiger partial charge is 0.383 e. The van der Waals surface area contributed by atoms with Crippen LogP contribution in [-0.2, 0) is 17.7 Å². The third kappa shape index (κ3) is 2.04. The number of hydrogen-bond donors (Lipinski definition) is 1. The van der Waals surface area contributed by atoms with Gasteiger partial charge in [0.25, 0.3) is 11.5 Å². The van der Waals surface area contributed by atoms with Crippen LogP contribution in [-0.4, -0.2) is 45.2 Å². The molecule has 1 aliphatic rings. The number of methoxy groups -OCH3 is 1. The number of nitrogens with one attached hydrogen (secondary N) is 1. The molecular weight excluding hydrogens is 272 g/mol. The van der Waals surface area contributed by atoms with Crippen LogP contribution in [0.2, 0.25) is 0 Å². The van der Waals surface area contributed by atoms with Crippen molar-refractivity contribution in [1.82, 2.24) is 19.5 Å². The lowest BCUT2D eigenvalue weighted by molar-refractivity contribution is 0.0584. The maximum atomic E-state index is 12.5. The van der Waals surface area contributed by atoms with E-state index in [2.05, 4.69) is 10.1 Å². The average Bonchev–Trinajstić information content (AvgIpc) is 3.02. The van der Waals surface area contributed by atoms with Gasteiger partial charge in [0.1, 0.15) is 5.69 Å². The van der Waals surface area contributed by atoms with E-state index in [4.69, 9.17) is 4.74 Å². The molecule has 0 bridgehead atoms. The molecule has 2 aromatic heterocycles. The van der Waals surface area contributed by atoms with Crippen LogP contribution in [0.3, 0.4) is 0 Å². The van der Waals surface area contributed by atoms with Gasteiger partial charge in [0.15, 0.2) is 5.65 Å². The summed E-state index contributed by atoms with van der Waals surface area (Å²) in [5.41, 5.74) is 1.93. The van der Waals surface area contributed by atoms with Crippen molar-refractivity contribution in [3.05, 3.63) is 33.4 Å². The van der Waals surface area contributed by atoms with Gasteiger partial charge < -0.3 is 9.64 Å². The summed E-state index contributed by atoms with van der Waals surface area (Å²) in [7, 11) is 1.59. The number of hydrogen-bond acceptors (Lipinski definition) is 4. The fourth-order valence-electron chi connectivity index (χ4n) is 2.67. The van der Waals surface area contributed by atoms with Crippen LogP contribution in [0.4, 0.5) is 0 Å². The Hall–Kier alpha value is -2.15. The van der Waals surface area contributed by atoms with Gasteiger partial charge in [-0.2, -0.15) is 0 Å². The average molecular weight is 290 g/mol. The first-order valence-corrected chi connectivity index (χ1v) is 7.00. The van der Waals surface area contributed by atoms with Crippen LogP contribution >= 0.6 is 0 Å². The predicted molar refractivity (Wildman–Crippen MR) is 76.4 cm³/mol. The third-order valence-electron chi connectivity index (χ3n) is 3.87. The Morgan fingerprint density at radius 2 is 2.24 bits per heavy atom. The van der Waals surface area contributed by atoms with Crippen molar-refractivity contribution in [2.75, 3.05) is 13.7 Å². The summed E-state index contributed by atoms with van der Waals surface area (Å²) in [5.74, 6) is -0.201. The summed E-state index contributed by atoms with van der Waals surface area (Å²) in [5, 5.41) is 3.01. The van der Waals surface area contributed by atoms with Crippen molar-refractivity contribution in [1.29, 1.82) is 0 Å². The van der Waals surface area contributed by atoms with Crippen LogP contribution < -0.4 is 5.56 Å². The molecule has 112 valence electrons. The number of ether oxygens (including phenoxy) is 1. The van der Waals surface area contributed by atoms with Crippen molar-refractivity contribution in [3.8, 4) is 0 Å². The number of fused-ring (bicyclic) bond motifs is 2. The highest BCUT2D eigenvalue weighted by molar-refractivity contribution is 5.97. The molecule has 0 spiro atoms. The van der Waals surface area contributed by atoms with E-state index in [9.17, 15) is 9.59 Å². The molecule has 3 rings (SSSR count). The third-order valence-corrected chi connectivity index (χ3v) is 3.87. The number of amides is 1. The maximum Gasteiger partial charge on any atom is 0.278 e. The van der Waals surface area contributed by atoms with E-state index in [1.807, 2.05) is 13.8 Å². The van der Waals surface area contributed by atoms with E-state index in [-0.39, 0.29) is 29.7 Å². The molecule has 0 fully saturated rings. The molecule has 0 saturated heterocycles. The number of H-pyrrole nitrogens is 1. The van der Waals surface area contributed by atoms with E-state index in [0.717, 1.165) is 12.1 Å². The quantitative estimate of drug-likeness (QED) is 0.893. The van der Waals surface area contributed by atoms with Gasteiger partial charge in [0.05, 0.1) is 24.8 Å². The highest BCUT2D eigenvalue weighted by Gasteiger charge is 2.35. The van der Waals surface area contributed by atoms with E-state index in [1.54, 1.807) is 18.1 Å². The molecule has 1 atom stereocenters. The zero-order valence-electron chi connectivity index (χ0n) is 12.3. The molecule has 0 aromatic carbocycles. The lowest BCUT2D eigenvalue weighted by atomic mass is 10.2. The van der Waals surface area contributed by atoms with E-state index in [0.29, 0.717) is 17.8 Å². The second-order valence-corrected chi connectivity index (χ2v) is 5.31. The number of carbonyl (C=O) groups excluding carboxylic acids is 1. The lowest BCUT2D eigenvalue weighted by Crippen LogP contribution is -2.36. The second-order valence-electron chi connectivity index (χ2n) is 5.31. The first-order chi connectivity index (χ1) is 10.1. The summed E-state index contributed by atoms with van der Waals surface area (Å²) in [6.45, 7) is 4.60. The van der Waals surface area contributed by atoms with Crippen LogP contribution in [0, 0.1) is 0 Å². The fraction of sp³-hybridized carbons (Fsp3) is 0.500. The van der Waals surface area contributed by atoms with Gasteiger partial charge in [-0.1, -0.05) is 6.92 Å². The monoisotopic (exact) mass is 290 g/mol. The maximum absolute atomic E-state index is 12.5. The van der Waals surface area contributed by atoms with Gasteiger partial charge in [0, 0.05) is 18.9 Å². The summed E-state index contributed by atoms with van der Waals surface area (Å²) in [6, 6.07) is 1.71. The Kier molecular flexibility index (Phi) is 3.29. The molecule has 21 heavy (non-hydrogen) atoms. The Labute approximate surface area is 121 Å². The number of aromatic nitrogens is 3. The molecule has 1 amide bonds. The molecule has 0 radical (unpaired) electrons.